The van der Waals surface area contributed by atoms with Crippen molar-refractivity contribution in [3.63, 3.8) is 0 Å². The summed E-state index contributed by atoms with van der Waals surface area (Å²) in [5, 5.41) is 0. The highest BCUT2D eigenvalue weighted by Crippen LogP contribution is 2.24. The molecule has 3 rings (SSSR count). The highest BCUT2D eigenvalue weighted by Gasteiger charge is 2.27. The molecule has 0 N–H and O–H groups in total. The Morgan fingerprint density at radius 2 is 1.83 bits per heavy atom. The molecular formula is C17H22F2N2O2. The van der Waals surface area contributed by atoms with Crippen LogP contribution in [0.4, 0.5) is 8.78 Å². The summed E-state index contributed by atoms with van der Waals surface area (Å²) in [7, 11) is 0. The molecule has 0 unspecified atom stereocenters. The predicted molar refractivity (Wildman–Crippen MR) is 82.3 cm³/mol. The lowest BCUT2D eigenvalue weighted by Gasteiger charge is -2.38. The van der Waals surface area contributed by atoms with Gasteiger partial charge in [0, 0.05) is 38.3 Å². The normalized spacial score (nSPS) is 20.0. The topological polar surface area (TPSA) is 32.8 Å². The fourth-order valence-electron chi connectivity index (χ4n) is 3.43. The Bertz CT molecular complexity index is 554. The van der Waals surface area contributed by atoms with E-state index in [0.717, 1.165) is 25.2 Å². The van der Waals surface area contributed by atoms with Crippen LogP contribution in [-0.4, -0.2) is 54.5 Å². The minimum absolute atomic E-state index is 0.0932. The van der Waals surface area contributed by atoms with Crippen molar-refractivity contribution in [3.05, 3.63) is 29.8 Å². The second-order valence-electron chi connectivity index (χ2n) is 6.22. The summed E-state index contributed by atoms with van der Waals surface area (Å²) in [6.45, 7) is 2.93. The lowest BCUT2D eigenvalue weighted by Crippen LogP contribution is -2.52. The highest BCUT2D eigenvalue weighted by molar-refractivity contribution is 5.77. The van der Waals surface area contributed by atoms with Gasteiger partial charge in [-0.25, -0.2) is 8.78 Å². The van der Waals surface area contributed by atoms with Crippen molar-refractivity contribution in [2.45, 2.75) is 31.7 Å². The van der Waals surface area contributed by atoms with Crippen LogP contribution >= 0.6 is 0 Å². The minimum Gasteiger partial charge on any atom is -0.481 e. The standard InChI is InChI=1S/C17H22F2N2O2/c18-13-5-6-16(15(19)11-13)23-12-17(22)21-9-7-20(8-10-21)14-3-1-2-4-14/h5-6,11,14H,1-4,7-10,12H2. The number of benzene rings is 1. The van der Waals surface area contributed by atoms with Gasteiger partial charge in [0.15, 0.2) is 18.2 Å². The average molecular weight is 324 g/mol. The summed E-state index contributed by atoms with van der Waals surface area (Å²) in [5.74, 6) is -1.70. The Kier molecular flexibility index (Phi) is 5.10. The molecule has 0 aromatic heterocycles. The number of rotatable bonds is 4. The zero-order valence-corrected chi connectivity index (χ0v) is 13.1. The summed E-state index contributed by atoms with van der Waals surface area (Å²) >= 11 is 0. The summed E-state index contributed by atoms with van der Waals surface area (Å²) in [5.41, 5.74) is 0. The van der Waals surface area contributed by atoms with Gasteiger partial charge in [0.05, 0.1) is 0 Å². The lowest BCUT2D eigenvalue weighted by molar-refractivity contribution is -0.135. The van der Waals surface area contributed by atoms with Gasteiger partial charge in [-0.05, 0) is 25.0 Å². The van der Waals surface area contributed by atoms with Crippen molar-refractivity contribution in [3.8, 4) is 5.75 Å². The molecule has 23 heavy (non-hydrogen) atoms. The number of amides is 1. The Morgan fingerprint density at radius 1 is 1.13 bits per heavy atom. The molecule has 1 aliphatic heterocycles. The van der Waals surface area contributed by atoms with Crippen LogP contribution in [0, 0.1) is 11.6 Å². The third-order valence-electron chi connectivity index (χ3n) is 4.75. The first-order valence-corrected chi connectivity index (χ1v) is 8.23. The Morgan fingerprint density at radius 3 is 2.48 bits per heavy atom. The number of halogens is 2. The monoisotopic (exact) mass is 324 g/mol. The van der Waals surface area contributed by atoms with E-state index in [1.807, 2.05) is 0 Å². The van der Waals surface area contributed by atoms with Gasteiger partial charge in [-0.15, -0.1) is 0 Å². The number of piperazine rings is 1. The molecule has 6 heteroatoms. The number of carbonyl (C=O) groups excluding carboxylic acids is 1. The number of ether oxygens (including phenoxy) is 1. The molecule has 1 heterocycles. The average Bonchev–Trinajstić information content (AvgIpc) is 3.08. The molecule has 0 bridgehead atoms. The van der Waals surface area contributed by atoms with Crippen LogP contribution in [-0.2, 0) is 4.79 Å². The molecule has 0 radical (unpaired) electrons. The molecule has 126 valence electrons. The largest absolute Gasteiger partial charge is 0.481 e. The SMILES string of the molecule is O=C(COc1ccc(F)cc1F)N1CCN(C2CCCC2)CC1. The second-order valence-corrected chi connectivity index (χ2v) is 6.22. The number of hydrogen-bond donors (Lipinski definition) is 0. The van der Waals surface area contributed by atoms with Crippen molar-refractivity contribution in [2.24, 2.45) is 0 Å². The molecule has 0 spiro atoms. The Labute approximate surface area is 135 Å². The summed E-state index contributed by atoms with van der Waals surface area (Å²) < 4.78 is 31.5. The van der Waals surface area contributed by atoms with E-state index in [1.54, 1.807) is 4.90 Å². The van der Waals surface area contributed by atoms with Crippen LogP contribution in [0.2, 0.25) is 0 Å². The molecule has 4 nitrogen and oxygen atoms in total. The molecule has 1 aliphatic carbocycles. The summed E-state index contributed by atoms with van der Waals surface area (Å²) in [4.78, 5) is 16.4. The van der Waals surface area contributed by atoms with Crippen molar-refractivity contribution < 1.29 is 18.3 Å². The van der Waals surface area contributed by atoms with Gasteiger partial charge in [-0.3, -0.25) is 9.69 Å². The van der Waals surface area contributed by atoms with E-state index in [0.29, 0.717) is 19.1 Å². The molecule has 2 aliphatic rings. The summed E-state index contributed by atoms with van der Waals surface area (Å²) in [6, 6.07) is 3.75. The molecule has 1 amide bonds. The molecule has 1 aromatic carbocycles. The van der Waals surface area contributed by atoms with E-state index >= 15 is 0 Å². The van der Waals surface area contributed by atoms with Crippen molar-refractivity contribution >= 4 is 5.91 Å². The first kappa shape index (κ1) is 16.2. The van der Waals surface area contributed by atoms with E-state index in [4.69, 9.17) is 4.74 Å². The van der Waals surface area contributed by atoms with Gasteiger partial charge in [0.2, 0.25) is 0 Å². The van der Waals surface area contributed by atoms with Gasteiger partial charge >= 0.3 is 0 Å². The molecule has 0 atom stereocenters. The van der Waals surface area contributed by atoms with E-state index < -0.39 is 11.6 Å². The fraction of sp³-hybridized carbons (Fsp3) is 0.588. The third kappa shape index (κ3) is 3.99. The van der Waals surface area contributed by atoms with Crippen molar-refractivity contribution in [2.75, 3.05) is 32.8 Å². The highest BCUT2D eigenvalue weighted by atomic mass is 19.1. The van der Waals surface area contributed by atoms with Crippen LogP contribution in [0.1, 0.15) is 25.7 Å². The molecule has 1 saturated carbocycles. The van der Waals surface area contributed by atoms with Crippen LogP contribution in [0.25, 0.3) is 0 Å². The smallest absolute Gasteiger partial charge is 0.260 e. The number of carbonyl (C=O) groups is 1. The maximum absolute atomic E-state index is 13.5. The second kappa shape index (κ2) is 7.25. The van der Waals surface area contributed by atoms with E-state index in [9.17, 15) is 13.6 Å². The van der Waals surface area contributed by atoms with Gasteiger partial charge in [-0.2, -0.15) is 0 Å². The molecule has 1 aromatic rings. The van der Waals surface area contributed by atoms with Gasteiger partial charge < -0.3 is 9.64 Å². The Balaban J connectivity index is 1.46. The van der Waals surface area contributed by atoms with Gasteiger partial charge in [0.25, 0.3) is 5.91 Å². The van der Waals surface area contributed by atoms with Crippen molar-refractivity contribution in [1.29, 1.82) is 0 Å². The van der Waals surface area contributed by atoms with E-state index in [1.165, 1.54) is 31.7 Å². The Hall–Kier alpha value is -1.69. The van der Waals surface area contributed by atoms with Gasteiger partial charge in [-0.1, -0.05) is 12.8 Å². The quantitative estimate of drug-likeness (QED) is 0.853. The number of hydrogen-bond acceptors (Lipinski definition) is 3. The van der Waals surface area contributed by atoms with Gasteiger partial charge in [0.1, 0.15) is 5.82 Å². The predicted octanol–water partition coefficient (Wildman–Crippen LogP) is 2.43. The molecule has 1 saturated heterocycles. The fourth-order valence-corrected chi connectivity index (χ4v) is 3.43. The first-order valence-electron chi connectivity index (χ1n) is 8.23. The zero-order chi connectivity index (χ0) is 16.2. The van der Waals surface area contributed by atoms with Crippen LogP contribution in [0.5, 0.6) is 5.75 Å². The maximum Gasteiger partial charge on any atom is 0.260 e. The molecule has 2 fully saturated rings. The van der Waals surface area contributed by atoms with E-state index in [-0.39, 0.29) is 18.3 Å². The van der Waals surface area contributed by atoms with Crippen LogP contribution in [0.3, 0.4) is 0 Å². The molecular weight excluding hydrogens is 302 g/mol. The number of nitrogens with zero attached hydrogens (tertiary/aromatic N) is 2. The van der Waals surface area contributed by atoms with Crippen LogP contribution in [0.15, 0.2) is 18.2 Å². The first-order chi connectivity index (χ1) is 11.1. The minimum atomic E-state index is -0.788. The van der Waals surface area contributed by atoms with Crippen molar-refractivity contribution in [1.82, 2.24) is 9.80 Å². The maximum atomic E-state index is 13.5. The van der Waals surface area contributed by atoms with E-state index in [2.05, 4.69) is 4.90 Å². The van der Waals surface area contributed by atoms with Crippen LogP contribution < -0.4 is 4.74 Å². The lowest BCUT2D eigenvalue weighted by atomic mass is 10.2. The summed E-state index contributed by atoms with van der Waals surface area (Å²) in [6.07, 6.45) is 5.14. The zero-order valence-electron chi connectivity index (χ0n) is 13.1. The third-order valence-corrected chi connectivity index (χ3v) is 4.75.